The van der Waals surface area contributed by atoms with E-state index in [9.17, 15) is 4.79 Å². The Morgan fingerprint density at radius 3 is 1.45 bits per heavy atom. The van der Waals surface area contributed by atoms with Gasteiger partial charge in [-0.1, -0.05) is 136 Å². The molecule has 0 atom stereocenters. The number of carbonyl (C=O) groups is 1. The van der Waals surface area contributed by atoms with Crippen LogP contribution in [0.2, 0.25) is 0 Å². The molecule has 1 fully saturated rings. The SMILES string of the molecule is CCCCCCCCCCCCN1CCCC1=O.[CH2]CCCCCCCCCC. The van der Waals surface area contributed by atoms with Crippen molar-refractivity contribution in [1.82, 2.24) is 4.90 Å². The van der Waals surface area contributed by atoms with E-state index in [0.717, 1.165) is 32.4 Å². The van der Waals surface area contributed by atoms with Gasteiger partial charge in [0.1, 0.15) is 0 Å². The predicted octanol–water partition coefficient (Wildman–Crippen LogP) is 8.88. The quantitative estimate of drug-likeness (QED) is 0.195. The van der Waals surface area contributed by atoms with Crippen LogP contribution in [0.4, 0.5) is 0 Å². The molecule has 0 unspecified atom stereocenters. The highest BCUT2D eigenvalue weighted by Gasteiger charge is 2.18. The molecule has 1 aliphatic rings. The summed E-state index contributed by atoms with van der Waals surface area (Å²) in [5, 5.41) is 0. The van der Waals surface area contributed by atoms with Gasteiger partial charge in [-0.3, -0.25) is 4.79 Å². The van der Waals surface area contributed by atoms with Crippen LogP contribution in [0, 0.1) is 6.92 Å². The molecular formula is C27H54NO. The molecule has 0 aromatic rings. The van der Waals surface area contributed by atoms with Crippen LogP contribution in [0.1, 0.15) is 149 Å². The first kappa shape index (κ1) is 28.5. The Kier molecular flexibility index (Phi) is 23.3. The van der Waals surface area contributed by atoms with Gasteiger partial charge in [-0.15, -0.1) is 0 Å². The number of hydrogen-bond acceptors (Lipinski definition) is 1. The fourth-order valence-corrected chi connectivity index (χ4v) is 4.04. The van der Waals surface area contributed by atoms with Crippen molar-refractivity contribution in [3.8, 4) is 0 Å². The summed E-state index contributed by atoms with van der Waals surface area (Å²) < 4.78 is 0. The van der Waals surface area contributed by atoms with Gasteiger partial charge in [-0.05, 0) is 12.8 Å². The monoisotopic (exact) mass is 408 g/mol. The Labute approximate surface area is 184 Å². The van der Waals surface area contributed by atoms with E-state index in [1.165, 1.54) is 116 Å². The summed E-state index contributed by atoms with van der Waals surface area (Å²) in [6, 6.07) is 0. The van der Waals surface area contributed by atoms with Crippen molar-refractivity contribution >= 4 is 5.91 Å². The number of amides is 1. The maximum atomic E-state index is 11.4. The van der Waals surface area contributed by atoms with E-state index in [-0.39, 0.29) is 0 Å². The molecule has 1 aliphatic heterocycles. The fourth-order valence-electron chi connectivity index (χ4n) is 4.04. The molecule has 2 nitrogen and oxygen atoms in total. The van der Waals surface area contributed by atoms with Crippen LogP contribution >= 0.6 is 0 Å². The van der Waals surface area contributed by atoms with Crippen molar-refractivity contribution < 1.29 is 4.79 Å². The Balaban J connectivity index is 0.000000614. The highest BCUT2D eigenvalue weighted by molar-refractivity contribution is 5.77. The van der Waals surface area contributed by atoms with Gasteiger partial charge in [-0.2, -0.15) is 0 Å². The van der Waals surface area contributed by atoms with Gasteiger partial charge in [0.2, 0.25) is 5.91 Å². The van der Waals surface area contributed by atoms with Crippen LogP contribution in [0.25, 0.3) is 0 Å². The van der Waals surface area contributed by atoms with Crippen LogP contribution < -0.4 is 0 Å². The summed E-state index contributed by atoms with van der Waals surface area (Å²) in [7, 11) is 0. The Morgan fingerprint density at radius 2 is 1.07 bits per heavy atom. The fraction of sp³-hybridized carbons (Fsp3) is 0.926. The first-order valence-electron chi connectivity index (χ1n) is 13.3. The normalized spacial score (nSPS) is 13.6. The highest BCUT2D eigenvalue weighted by Crippen LogP contribution is 2.13. The maximum Gasteiger partial charge on any atom is 0.222 e. The van der Waals surface area contributed by atoms with E-state index >= 15 is 0 Å². The summed E-state index contributed by atoms with van der Waals surface area (Å²) in [6.07, 6.45) is 28.0. The van der Waals surface area contributed by atoms with Gasteiger partial charge in [-0.25, -0.2) is 0 Å². The first-order valence-corrected chi connectivity index (χ1v) is 13.3. The number of rotatable bonds is 19. The van der Waals surface area contributed by atoms with Crippen LogP contribution in [0.3, 0.4) is 0 Å². The average molecular weight is 409 g/mol. The lowest BCUT2D eigenvalue weighted by molar-refractivity contribution is -0.127. The average Bonchev–Trinajstić information content (AvgIpc) is 3.14. The van der Waals surface area contributed by atoms with Crippen molar-refractivity contribution in [2.75, 3.05) is 13.1 Å². The lowest BCUT2D eigenvalue weighted by Crippen LogP contribution is -2.25. The number of nitrogens with zero attached hydrogens (tertiary/aromatic N) is 1. The van der Waals surface area contributed by atoms with E-state index in [0.29, 0.717) is 5.91 Å². The molecule has 1 heterocycles. The lowest BCUT2D eigenvalue weighted by atomic mass is 10.1. The molecule has 173 valence electrons. The third-order valence-electron chi connectivity index (χ3n) is 6.06. The Morgan fingerprint density at radius 1 is 0.655 bits per heavy atom. The predicted molar refractivity (Wildman–Crippen MR) is 130 cm³/mol. The Bertz CT molecular complexity index is 320. The third kappa shape index (κ3) is 20.5. The van der Waals surface area contributed by atoms with Crippen molar-refractivity contribution in [2.24, 2.45) is 0 Å². The molecule has 0 aromatic heterocycles. The number of unbranched alkanes of at least 4 members (excludes halogenated alkanes) is 17. The van der Waals surface area contributed by atoms with E-state index in [1.807, 2.05) is 4.90 Å². The summed E-state index contributed by atoms with van der Waals surface area (Å²) in [5.74, 6) is 0.380. The van der Waals surface area contributed by atoms with Crippen LogP contribution in [0.15, 0.2) is 0 Å². The third-order valence-corrected chi connectivity index (χ3v) is 6.06. The minimum Gasteiger partial charge on any atom is -0.343 e. The standard InChI is InChI=1S/C16H31NO.C11H23/c1-2-3-4-5-6-7-8-9-10-11-14-17-15-12-13-16(17)18;1-3-5-7-9-11-10-8-6-4-2/h2-15H2,1H3;1,3-11H2,2H3. The Hall–Kier alpha value is -0.530. The zero-order valence-corrected chi connectivity index (χ0v) is 20.3. The van der Waals surface area contributed by atoms with Gasteiger partial charge < -0.3 is 4.90 Å². The molecule has 29 heavy (non-hydrogen) atoms. The molecule has 0 aromatic carbocycles. The molecule has 1 rings (SSSR count). The van der Waals surface area contributed by atoms with E-state index in [2.05, 4.69) is 20.8 Å². The minimum absolute atomic E-state index is 0.380. The second-order valence-corrected chi connectivity index (χ2v) is 8.99. The largest absolute Gasteiger partial charge is 0.343 e. The molecule has 0 saturated carbocycles. The van der Waals surface area contributed by atoms with E-state index in [4.69, 9.17) is 0 Å². The first-order chi connectivity index (χ1) is 14.3. The molecule has 1 saturated heterocycles. The summed E-state index contributed by atoms with van der Waals surface area (Å²) in [4.78, 5) is 13.4. The van der Waals surface area contributed by atoms with E-state index < -0.39 is 0 Å². The topological polar surface area (TPSA) is 20.3 Å². The molecule has 0 N–H and O–H groups in total. The van der Waals surface area contributed by atoms with Gasteiger partial charge in [0.25, 0.3) is 0 Å². The molecule has 1 amide bonds. The van der Waals surface area contributed by atoms with Gasteiger partial charge in [0, 0.05) is 19.5 Å². The molecule has 0 bridgehead atoms. The lowest BCUT2D eigenvalue weighted by Gasteiger charge is -2.14. The van der Waals surface area contributed by atoms with Crippen molar-refractivity contribution in [2.45, 2.75) is 149 Å². The highest BCUT2D eigenvalue weighted by atomic mass is 16.2. The van der Waals surface area contributed by atoms with Gasteiger partial charge in [0.05, 0.1) is 0 Å². The maximum absolute atomic E-state index is 11.4. The number of hydrogen-bond donors (Lipinski definition) is 0. The second-order valence-electron chi connectivity index (χ2n) is 8.99. The van der Waals surface area contributed by atoms with Crippen molar-refractivity contribution in [3.05, 3.63) is 6.92 Å². The summed E-state index contributed by atoms with van der Waals surface area (Å²) in [6.45, 7) is 10.4. The zero-order valence-electron chi connectivity index (χ0n) is 20.3. The van der Waals surface area contributed by atoms with Crippen LogP contribution in [0.5, 0.6) is 0 Å². The van der Waals surface area contributed by atoms with Gasteiger partial charge >= 0.3 is 0 Å². The van der Waals surface area contributed by atoms with Crippen molar-refractivity contribution in [1.29, 1.82) is 0 Å². The van der Waals surface area contributed by atoms with Crippen LogP contribution in [-0.2, 0) is 4.79 Å². The molecule has 1 radical (unpaired) electrons. The molecule has 0 spiro atoms. The number of carbonyl (C=O) groups excluding carboxylic acids is 1. The molecular weight excluding hydrogens is 354 g/mol. The zero-order chi connectivity index (χ0) is 21.4. The molecule has 0 aliphatic carbocycles. The summed E-state index contributed by atoms with van der Waals surface area (Å²) in [5.41, 5.74) is 0. The second kappa shape index (κ2) is 23.7. The van der Waals surface area contributed by atoms with Crippen molar-refractivity contribution in [3.63, 3.8) is 0 Å². The summed E-state index contributed by atoms with van der Waals surface area (Å²) >= 11 is 0. The number of likely N-dealkylation sites (tertiary alicyclic amines) is 1. The van der Waals surface area contributed by atoms with Crippen LogP contribution in [-0.4, -0.2) is 23.9 Å². The van der Waals surface area contributed by atoms with Gasteiger partial charge in [0.15, 0.2) is 0 Å². The molecule has 2 heteroatoms. The smallest absolute Gasteiger partial charge is 0.222 e. The van der Waals surface area contributed by atoms with E-state index in [1.54, 1.807) is 0 Å². The minimum atomic E-state index is 0.380.